The summed E-state index contributed by atoms with van der Waals surface area (Å²) in [6.45, 7) is 0. The van der Waals surface area contributed by atoms with Gasteiger partial charge in [-0.3, -0.25) is 9.59 Å². The monoisotopic (exact) mass is 323 g/mol. The minimum absolute atomic E-state index is 0.150. The molecule has 5 nitrogen and oxygen atoms in total. The Morgan fingerprint density at radius 1 is 0.739 bits per heavy atom. The predicted molar refractivity (Wildman–Crippen MR) is 86.1 cm³/mol. The van der Waals surface area contributed by atoms with Gasteiger partial charge in [0.2, 0.25) is 0 Å². The van der Waals surface area contributed by atoms with Crippen molar-refractivity contribution >= 4 is 17.8 Å². The van der Waals surface area contributed by atoms with Gasteiger partial charge in [0.1, 0.15) is 0 Å². The maximum Gasteiger partial charge on any atom is 0.336 e. The molecule has 0 bridgehead atoms. The summed E-state index contributed by atoms with van der Waals surface area (Å²) in [7, 11) is 0. The lowest BCUT2D eigenvalue weighted by molar-refractivity contribution is -0.201. The third kappa shape index (κ3) is 5.96. The quantitative estimate of drug-likeness (QED) is 0.723. The largest absolute Gasteiger partial charge is 0.336 e. The molecule has 2 amide bonds. The van der Waals surface area contributed by atoms with Crippen molar-refractivity contribution in [2.45, 2.75) is 89.9 Å². The molecule has 5 heteroatoms. The van der Waals surface area contributed by atoms with Gasteiger partial charge in [-0.05, 0) is 12.8 Å². The second kappa shape index (κ2) is 9.68. The second-order valence-electron chi connectivity index (χ2n) is 6.80. The third-order valence-electron chi connectivity index (χ3n) is 4.88. The standard InChI is InChI=1S/C18H29NO4/c20-16-13-14-17(21)19(16)23-18(22)15-11-9-7-5-3-1-2-4-6-8-10-12-15/h15H,1-14H2. The highest BCUT2D eigenvalue weighted by Crippen LogP contribution is 2.23. The molecule has 0 aromatic rings. The first-order chi connectivity index (χ1) is 11.2. The number of rotatable bonds is 2. The lowest BCUT2D eigenvalue weighted by atomic mass is 9.95. The van der Waals surface area contributed by atoms with E-state index in [0.717, 1.165) is 38.5 Å². The van der Waals surface area contributed by atoms with Gasteiger partial charge in [0.05, 0.1) is 5.92 Å². The minimum Gasteiger partial charge on any atom is -0.330 e. The molecule has 2 aliphatic rings. The first kappa shape index (κ1) is 18.0. The number of imide groups is 1. The molecular weight excluding hydrogens is 294 g/mol. The van der Waals surface area contributed by atoms with E-state index < -0.39 is 17.8 Å². The van der Waals surface area contributed by atoms with Gasteiger partial charge in [-0.25, -0.2) is 4.79 Å². The van der Waals surface area contributed by atoms with Gasteiger partial charge in [0.25, 0.3) is 11.8 Å². The Bertz CT molecular complexity index is 391. The fraction of sp³-hybridized carbons (Fsp3) is 0.833. The van der Waals surface area contributed by atoms with Crippen LogP contribution in [0.3, 0.4) is 0 Å². The third-order valence-corrected chi connectivity index (χ3v) is 4.88. The molecule has 0 spiro atoms. The summed E-state index contributed by atoms with van der Waals surface area (Å²) in [5.74, 6) is -1.37. The van der Waals surface area contributed by atoms with Crippen molar-refractivity contribution in [3.8, 4) is 0 Å². The van der Waals surface area contributed by atoms with E-state index in [4.69, 9.17) is 4.84 Å². The summed E-state index contributed by atoms with van der Waals surface area (Å²) in [5.41, 5.74) is 0. The zero-order chi connectivity index (χ0) is 16.5. The molecule has 1 aliphatic heterocycles. The highest BCUT2D eigenvalue weighted by atomic mass is 16.7. The summed E-state index contributed by atoms with van der Waals surface area (Å²) in [4.78, 5) is 40.6. The van der Waals surface area contributed by atoms with Crippen molar-refractivity contribution in [2.75, 3.05) is 0 Å². The fourth-order valence-electron chi connectivity index (χ4n) is 3.40. The Labute approximate surface area is 138 Å². The van der Waals surface area contributed by atoms with Crippen molar-refractivity contribution in [1.82, 2.24) is 5.06 Å². The van der Waals surface area contributed by atoms with E-state index in [2.05, 4.69) is 0 Å². The second-order valence-corrected chi connectivity index (χ2v) is 6.80. The molecule has 1 saturated heterocycles. The fourth-order valence-corrected chi connectivity index (χ4v) is 3.40. The van der Waals surface area contributed by atoms with E-state index in [1.807, 2.05) is 0 Å². The van der Waals surface area contributed by atoms with E-state index in [1.165, 1.54) is 38.5 Å². The number of amides is 2. The minimum atomic E-state index is -0.400. The van der Waals surface area contributed by atoms with Gasteiger partial charge in [0, 0.05) is 12.8 Å². The maximum absolute atomic E-state index is 12.4. The van der Waals surface area contributed by atoms with Gasteiger partial charge in [0.15, 0.2) is 0 Å². The molecule has 0 atom stereocenters. The average Bonchev–Trinajstić information content (AvgIpc) is 2.86. The van der Waals surface area contributed by atoms with Crippen molar-refractivity contribution in [3.05, 3.63) is 0 Å². The Kier molecular flexibility index (Phi) is 7.56. The smallest absolute Gasteiger partial charge is 0.330 e. The molecule has 0 N–H and O–H groups in total. The van der Waals surface area contributed by atoms with E-state index >= 15 is 0 Å². The summed E-state index contributed by atoms with van der Waals surface area (Å²) in [6.07, 6.45) is 13.9. The van der Waals surface area contributed by atoms with Crippen molar-refractivity contribution in [3.63, 3.8) is 0 Å². The molecule has 1 aliphatic carbocycles. The van der Waals surface area contributed by atoms with Crippen LogP contribution in [0, 0.1) is 5.92 Å². The van der Waals surface area contributed by atoms with E-state index in [0.29, 0.717) is 5.06 Å². The van der Waals surface area contributed by atoms with Crippen molar-refractivity contribution in [1.29, 1.82) is 0 Å². The lowest BCUT2D eigenvalue weighted by Gasteiger charge is -2.19. The molecular formula is C18H29NO4. The molecule has 2 fully saturated rings. The first-order valence-electron chi connectivity index (χ1n) is 9.26. The van der Waals surface area contributed by atoms with Crippen LogP contribution >= 0.6 is 0 Å². The molecule has 23 heavy (non-hydrogen) atoms. The van der Waals surface area contributed by atoms with Crippen LogP contribution in [0.4, 0.5) is 0 Å². The predicted octanol–water partition coefficient (Wildman–Crippen LogP) is 3.90. The van der Waals surface area contributed by atoms with Gasteiger partial charge in [-0.2, -0.15) is 0 Å². The lowest BCUT2D eigenvalue weighted by Crippen LogP contribution is -2.34. The van der Waals surface area contributed by atoms with Gasteiger partial charge < -0.3 is 4.84 Å². The number of hydrogen-bond donors (Lipinski definition) is 0. The van der Waals surface area contributed by atoms with Crippen LogP contribution in [0.25, 0.3) is 0 Å². The summed E-state index contributed by atoms with van der Waals surface area (Å²) >= 11 is 0. The van der Waals surface area contributed by atoms with Crippen LogP contribution in [0.1, 0.15) is 89.9 Å². The molecule has 0 unspecified atom stereocenters. The molecule has 0 radical (unpaired) electrons. The Balaban J connectivity index is 1.86. The Hall–Kier alpha value is -1.39. The van der Waals surface area contributed by atoms with E-state index in [9.17, 15) is 14.4 Å². The summed E-state index contributed by atoms with van der Waals surface area (Å²) < 4.78 is 0. The number of carbonyl (C=O) groups is 3. The normalized spacial score (nSPS) is 23.0. The summed E-state index contributed by atoms with van der Waals surface area (Å²) in [6, 6.07) is 0. The van der Waals surface area contributed by atoms with Gasteiger partial charge in [-0.15, -0.1) is 5.06 Å². The van der Waals surface area contributed by atoms with Gasteiger partial charge >= 0.3 is 5.97 Å². The summed E-state index contributed by atoms with van der Waals surface area (Å²) in [5, 5.41) is 0.684. The maximum atomic E-state index is 12.4. The Morgan fingerprint density at radius 2 is 1.13 bits per heavy atom. The van der Waals surface area contributed by atoms with Crippen LogP contribution in [0.5, 0.6) is 0 Å². The zero-order valence-corrected chi connectivity index (χ0v) is 14.1. The van der Waals surface area contributed by atoms with Crippen LogP contribution in [-0.4, -0.2) is 22.8 Å². The topological polar surface area (TPSA) is 63.7 Å². The average molecular weight is 323 g/mol. The first-order valence-corrected chi connectivity index (χ1v) is 9.26. The SMILES string of the molecule is O=C(ON1C(=O)CCC1=O)C1CCCCCCCCCCCC1. The molecule has 1 saturated carbocycles. The molecule has 0 aromatic carbocycles. The Morgan fingerprint density at radius 3 is 1.57 bits per heavy atom. The van der Waals surface area contributed by atoms with Crippen molar-refractivity contribution < 1.29 is 19.2 Å². The number of hydrogen-bond acceptors (Lipinski definition) is 4. The van der Waals surface area contributed by atoms with Crippen LogP contribution in [0.15, 0.2) is 0 Å². The van der Waals surface area contributed by atoms with E-state index in [-0.39, 0.29) is 18.8 Å². The molecule has 2 rings (SSSR count). The zero-order valence-electron chi connectivity index (χ0n) is 14.1. The number of nitrogens with zero attached hydrogens (tertiary/aromatic N) is 1. The van der Waals surface area contributed by atoms with Crippen LogP contribution in [0.2, 0.25) is 0 Å². The van der Waals surface area contributed by atoms with E-state index in [1.54, 1.807) is 0 Å². The molecule has 0 aromatic heterocycles. The molecule has 1 heterocycles. The van der Waals surface area contributed by atoms with Crippen LogP contribution < -0.4 is 0 Å². The highest BCUT2D eigenvalue weighted by molar-refractivity contribution is 6.01. The van der Waals surface area contributed by atoms with Crippen LogP contribution in [-0.2, 0) is 19.2 Å². The highest BCUT2D eigenvalue weighted by Gasteiger charge is 2.34. The van der Waals surface area contributed by atoms with Gasteiger partial charge in [-0.1, -0.05) is 64.2 Å². The number of carbonyl (C=O) groups excluding carboxylic acids is 3. The molecule has 130 valence electrons. The number of hydroxylamine groups is 2. The van der Waals surface area contributed by atoms with Crippen molar-refractivity contribution in [2.24, 2.45) is 5.92 Å².